The van der Waals surface area contributed by atoms with Gasteiger partial charge in [-0.25, -0.2) is 0 Å². The standard InChI is InChI=1S/Ba.BrH.2H2O.2H/h;1H;2*1H2;;/q+2;;;;2*-1. The van der Waals surface area contributed by atoms with Gasteiger partial charge in [0.25, 0.3) is 0 Å². The normalized spacial score (nSPS) is 0. The largest absolute Gasteiger partial charge is 2.00 e. The minimum absolute atomic E-state index is 0. The Morgan fingerprint density at radius 3 is 1.00 bits per heavy atom. The average Bonchev–Trinajstić information content (AvgIpc) is 0. The molecule has 0 spiro atoms. The number of halogens is 1. The number of rotatable bonds is 0. The molecule has 28 valence electrons. The van der Waals surface area contributed by atoms with E-state index in [2.05, 4.69) is 0 Å². The molecular formula is H7BaBrO2. The Morgan fingerprint density at radius 2 is 1.00 bits per heavy atom. The van der Waals surface area contributed by atoms with Gasteiger partial charge in [-0.15, -0.1) is 17.0 Å². The maximum atomic E-state index is 0. The van der Waals surface area contributed by atoms with Gasteiger partial charge in [0.05, 0.1) is 0 Å². The second-order valence-electron chi connectivity index (χ2n) is 0. The van der Waals surface area contributed by atoms with E-state index in [1.807, 2.05) is 0 Å². The molecule has 0 aliphatic rings. The van der Waals surface area contributed by atoms with Gasteiger partial charge in [0.2, 0.25) is 0 Å². The third kappa shape index (κ3) is 9.02. The van der Waals surface area contributed by atoms with Crippen LogP contribution in [0.15, 0.2) is 0 Å². The van der Waals surface area contributed by atoms with Crippen LogP contribution in [0.2, 0.25) is 0 Å². The van der Waals surface area contributed by atoms with Crippen LogP contribution in [-0.2, 0) is 0 Å². The monoisotopic (exact) mass is 256 g/mol. The maximum Gasteiger partial charge on any atom is 2.00 e. The van der Waals surface area contributed by atoms with E-state index in [-0.39, 0.29) is 79.7 Å². The quantitative estimate of drug-likeness (QED) is 0.487. The summed E-state index contributed by atoms with van der Waals surface area (Å²) in [6.07, 6.45) is 0. The average molecular weight is 256 g/mol. The summed E-state index contributed by atoms with van der Waals surface area (Å²) < 4.78 is 0. The first-order valence-corrected chi connectivity index (χ1v) is 0. The van der Waals surface area contributed by atoms with Crippen molar-refractivity contribution in [2.45, 2.75) is 0 Å². The fourth-order valence-electron chi connectivity index (χ4n) is 0. The Balaban J connectivity index is 0. The van der Waals surface area contributed by atoms with Gasteiger partial charge in [-0.2, -0.15) is 0 Å². The van der Waals surface area contributed by atoms with Crippen molar-refractivity contribution in [1.82, 2.24) is 0 Å². The maximum absolute atomic E-state index is 0. The number of hydrogen-bond donors (Lipinski definition) is 0. The summed E-state index contributed by atoms with van der Waals surface area (Å²) >= 11 is 0. The Kier molecular flexibility index (Phi) is 192. The summed E-state index contributed by atoms with van der Waals surface area (Å²) in [4.78, 5) is 0. The zero-order valence-corrected chi connectivity index (χ0v) is 8.27. The molecule has 0 rings (SSSR count). The molecule has 4 heteroatoms. The molecule has 0 aromatic rings. The second-order valence-corrected chi connectivity index (χ2v) is 0. The Labute approximate surface area is 78.4 Å². The summed E-state index contributed by atoms with van der Waals surface area (Å²) in [5.41, 5.74) is 0. The minimum atomic E-state index is 0. The van der Waals surface area contributed by atoms with Crippen LogP contribution < -0.4 is 0 Å². The first-order chi connectivity index (χ1) is 0. The SMILES string of the molecule is Br.O.O.[Ba+2].[H-].[H-]. The van der Waals surface area contributed by atoms with Gasteiger partial charge >= 0.3 is 48.9 Å². The summed E-state index contributed by atoms with van der Waals surface area (Å²) in [6.45, 7) is 0. The third-order valence-electron chi connectivity index (χ3n) is 0. The molecule has 0 atom stereocenters. The predicted octanol–water partition coefficient (Wildman–Crippen LogP) is -1.23. The van der Waals surface area contributed by atoms with Crippen LogP contribution in [0.4, 0.5) is 0 Å². The van der Waals surface area contributed by atoms with Crippen molar-refractivity contribution in [2.24, 2.45) is 0 Å². The molecule has 4 N–H and O–H groups in total. The van der Waals surface area contributed by atoms with Gasteiger partial charge < -0.3 is 13.8 Å². The van der Waals surface area contributed by atoms with Gasteiger partial charge in [0.1, 0.15) is 0 Å². The molecule has 0 bridgehead atoms. The molecule has 0 aromatic carbocycles. The molecule has 0 radical (unpaired) electrons. The molecule has 0 unspecified atom stereocenters. The van der Waals surface area contributed by atoms with Crippen LogP contribution >= 0.6 is 17.0 Å². The molecule has 0 fully saturated rings. The van der Waals surface area contributed by atoms with Crippen molar-refractivity contribution in [3.63, 3.8) is 0 Å². The van der Waals surface area contributed by atoms with Crippen LogP contribution in [0.3, 0.4) is 0 Å². The molecule has 0 heterocycles. The van der Waals surface area contributed by atoms with E-state index in [9.17, 15) is 0 Å². The van der Waals surface area contributed by atoms with Gasteiger partial charge in [-0.3, -0.25) is 0 Å². The third-order valence-corrected chi connectivity index (χ3v) is 0. The van der Waals surface area contributed by atoms with Crippen molar-refractivity contribution < 1.29 is 13.8 Å². The summed E-state index contributed by atoms with van der Waals surface area (Å²) in [5.74, 6) is 0. The molecule has 0 saturated heterocycles. The van der Waals surface area contributed by atoms with Gasteiger partial charge in [0.15, 0.2) is 0 Å². The minimum Gasteiger partial charge on any atom is -1.00 e. The van der Waals surface area contributed by atoms with Crippen molar-refractivity contribution in [1.29, 1.82) is 0 Å². The molecular weight excluding hydrogens is 249 g/mol. The van der Waals surface area contributed by atoms with E-state index in [1.54, 1.807) is 0 Å². The Morgan fingerprint density at radius 1 is 1.00 bits per heavy atom. The van der Waals surface area contributed by atoms with Crippen molar-refractivity contribution in [3.8, 4) is 0 Å². The van der Waals surface area contributed by atoms with Crippen LogP contribution in [0.5, 0.6) is 0 Å². The summed E-state index contributed by atoms with van der Waals surface area (Å²) in [7, 11) is 0. The van der Waals surface area contributed by atoms with E-state index in [0.29, 0.717) is 0 Å². The fourth-order valence-corrected chi connectivity index (χ4v) is 0. The van der Waals surface area contributed by atoms with E-state index in [1.165, 1.54) is 0 Å². The molecule has 0 aromatic heterocycles. The van der Waals surface area contributed by atoms with Crippen LogP contribution in [0, 0.1) is 0 Å². The van der Waals surface area contributed by atoms with Crippen molar-refractivity contribution >= 4 is 65.9 Å². The van der Waals surface area contributed by atoms with Gasteiger partial charge in [-0.1, -0.05) is 0 Å². The summed E-state index contributed by atoms with van der Waals surface area (Å²) in [5, 5.41) is 0. The predicted molar refractivity (Wildman–Crippen MR) is 25.5 cm³/mol. The van der Waals surface area contributed by atoms with E-state index < -0.39 is 0 Å². The van der Waals surface area contributed by atoms with Gasteiger partial charge in [-0.05, 0) is 0 Å². The smallest absolute Gasteiger partial charge is 1.00 e. The molecule has 4 heavy (non-hydrogen) atoms. The van der Waals surface area contributed by atoms with Crippen LogP contribution in [0.1, 0.15) is 2.85 Å². The van der Waals surface area contributed by atoms with Crippen LogP contribution in [-0.4, -0.2) is 59.8 Å². The zero-order chi connectivity index (χ0) is 0. The molecule has 0 aliphatic heterocycles. The van der Waals surface area contributed by atoms with E-state index in [0.717, 1.165) is 0 Å². The van der Waals surface area contributed by atoms with Gasteiger partial charge in [0, 0.05) is 0 Å². The Hall–Kier alpha value is 1.97. The first kappa shape index (κ1) is 38.0. The fraction of sp³-hybridized carbons (Fsp3) is 0. The Bertz CT molecular complexity index is 11.5. The van der Waals surface area contributed by atoms with Crippen molar-refractivity contribution in [2.75, 3.05) is 0 Å². The topological polar surface area (TPSA) is 63.0 Å². The van der Waals surface area contributed by atoms with E-state index in [4.69, 9.17) is 0 Å². The molecule has 0 amide bonds. The molecule has 0 saturated carbocycles. The number of hydrogen-bond acceptors (Lipinski definition) is 0. The first-order valence-electron chi connectivity index (χ1n) is 0. The zero-order valence-electron chi connectivity index (χ0n) is 4.12. The molecule has 0 aliphatic carbocycles. The van der Waals surface area contributed by atoms with E-state index >= 15 is 0 Å². The second kappa shape index (κ2) is 20.2. The summed E-state index contributed by atoms with van der Waals surface area (Å²) in [6, 6.07) is 0. The van der Waals surface area contributed by atoms with Crippen LogP contribution in [0.25, 0.3) is 0 Å². The van der Waals surface area contributed by atoms with Crippen molar-refractivity contribution in [3.05, 3.63) is 0 Å². The molecule has 2 nitrogen and oxygen atoms in total.